The molecule has 2 rings (SSSR count). The zero-order chi connectivity index (χ0) is 13.0. The van der Waals surface area contributed by atoms with Gasteiger partial charge >= 0.3 is 0 Å². The summed E-state index contributed by atoms with van der Waals surface area (Å²) in [5.41, 5.74) is 8.48. The first kappa shape index (κ1) is 13.2. The summed E-state index contributed by atoms with van der Waals surface area (Å²) in [5, 5.41) is 7.49. The van der Waals surface area contributed by atoms with Crippen LogP contribution in [-0.2, 0) is 0 Å². The Morgan fingerprint density at radius 2 is 2.06 bits per heavy atom. The maximum Gasteiger partial charge on any atom is 0.0477 e. The van der Waals surface area contributed by atoms with Gasteiger partial charge in [0.05, 0.1) is 0 Å². The van der Waals surface area contributed by atoms with Gasteiger partial charge in [-0.25, -0.2) is 4.31 Å². The van der Waals surface area contributed by atoms with Crippen molar-refractivity contribution in [1.29, 1.82) is 5.41 Å². The predicted molar refractivity (Wildman–Crippen MR) is 79.2 cm³/mol. The van der Waals surface area contributed by atoms with Gasteiger partial charge in [0.1, 0.15) is 0 Å². The van der Waals surface area contributed by atoms with Crippen LogP contribution in [0.25, 0.3) is 0 Å². The minimum absolute atomic E-state index is 0.675. The van der Waals surface area contributed by atoms with Crippen molar-refractivity contribution < 1.29 is 0 Å². The molecule has 0 spiro atoms. The van der Waals surface area contributed by atoms with Crippen molar-refractivity contribution in [3.63, 3.8) is 0 Å². The zero-order valence-electron chi connectivity index (χ0n) is 10.5. The Morgan fingerprint density at radius 1 is 1.33 bits per heavy atom. The third-order valence-corrected chi connectivity index (χ3v) is 3.87. The molecule has 4 N–H and O–H groups in total. The molecule has 5 nitrogen and oxygen atoms in total. The minimum atomic E-state index is 0.675. The summed E-state index contributed by atoms with van der Waals surface area (Å²) in [6.45, 7) is 3.91. The quantitative estimate of drug-likeness (QED) is 0.433. The summed E-state index contributed by atoms with van der Waals surface area (Å²) in [7, 11) is 1.93. The summed E-state index contributed by atoms with van der Waals surface area (Å²) >= 11 is 1.65. The molecule has 1 fully saturated rings. The van der Waals surface area contributed by atoms with Crippen molar-refractivity contribution in [3.05, 3.63) is 23.8 Å². The van der Waals surface area contributed by atoms with Gasteiger partial charge in [-0.1, -0.05) is 6.07 Å². The lowest BCUT2D eigenvalue weighted by Crippen LogP contribution is -2.44. The smallest absolute Gasteiger partial charge is 0.0477 e. The number of rotatable bonds is 4. The van der Waals surface area contributed by atoms with Gasteiger partial charge in [0.15, 0.2) is 0 Å². The van der Waals surface area contributed by atoms with E-state index in [1.807, 2.05) is 25.2 Å². The number of nitrogens with two attached hydrogens (primary N) is 1. The molecule has 6 heteroatoms. The molecule has 0 saturated carbocycles. The fourth-order valence-electron chi connectivity index (χ4n) is 2.15. The molecule has 0 aromatic heterocycles. The van der Waals surface area contributed by atoms with Crippen LogP contribution in [0.5, 0.6) is 0 Å². The summed E-state index contributed by atoms with van der Waals surface area (Å²) in [5.74, 6) is 0. The molecule has 1 aliphatic rings. The van der Waals surface area contributed by atoms with Gasteiger partial charge in [-0.2, -0.15) is 0 Å². The van der Waals surface area contributed by atoms with E-state index >= 15 is 0 Å². The van der Waals surface area contributed by atoms with Gasteiger partial charge in [0, 0.05) is 61.5 Å². The number of piperazine rings is 1. The maximum atomic E-state index is 7.49. The van der Waals surface area contributed by atoms with Crippen LogP contribution in [0.4, 0.5) is 11.4 Å². The second-order valence-corrected chi connectivity index (χ2v) is 5.24. The number of hydrogen-bond donors (Lipinski definition) is 3. The van der Waals surface area contributed by atoms with Crippen molar-refractivity contribution in [2.75, 3.05) is 43.9 Å². The Bertz CT molecular complexity index is 415. The first-order valence-corrected chi connectivity index (χ1v) is 6.76. The maximum absolute atomic E-state index is 7.49. The van der Waals surface area contributed by atoms with E-state index in [-0.39, 0.29) is 0 Å². The molecule has 1 saturated heterocycles. The molecule has 18 heavy (non-hydrogen) atoms. The Hall–Kier alpha value is -1.24. The van der Waals surface area contributed by atoms with Crippen LogP contribution >= 0.6 is 12.1 Å². The van der Waals surface area contributed by atoms with Gasteiger partial charge in [-0.05, 0) is 19.2 Å². The first-order chi connectivity index (χ1) is 8.76. The standard InChI is InChI=1S/C12H19N5S/c1-15-18-17-7-5-16(6-8-17)12-4-2-3-11(14)10(12)9-13/h2-4,9,13,15H,5-8,14H2,1H3. The van der Waals surface area contributed by atoms with Crippen molar-refractivity contribution in [2.45, 2.75) is 0 Å². The topological polar surface area (TPSA) is 68.4 Å². The molecule has 0 radical (unpaired) electrons. The third-order valence-electron chi connectivity index (χ3n) is 3.06. The largest absolute Gasteiger partial charge is 0.398 e. The molecule has 0 atom stereocenters. The Kier molecular flexibility index (Phi) is 4.46. The first-order valence-electron chi connectivity index (χ1n) is 5.99. The van der Waals surface area contributed by atoms with Crippen LogP contribution in [0, 0.1) is 5.41 Å². The predicted octanol–water partition coefficient (Wildman–Crippen LogP) is 1.17. The van der Waals surface area contributed by atoms with Gasteiger partial charge in [-0.3, -0.25) is 4.72 Å². The highest BCUT2D eigenvalue weighted by molar-refractivity contribution is 7.95. The fraction of sp³-hybridized carbons (Fsp3) is 0.417. The normalized spacial score (nSPS) is 16.8. The average Bonchev–Trinajstić information content (AvgIpc) is 2.40. The molecule has 1 aromatic rings. The van der Waals surface area contributed by atoms with Crippen LogP contribution in [0.2, 0.25) is 0 Å². The number of benzene rings is 1. The highest BCUT2D eigenvalue weighted by atomic mass is 32.2. The van der Waals surface area contributed by atoms with Crippen molar-refractivity contribution in [1.82, 2.24) is 9.03 Å². The number of nitrogens with one attached hydrogen (secondary N) is 2. The van der Waals surface area contributed by atoms with E-state index in [0.717, 1.165) is 37.4 Å². The Balaban J connectivity index is 2.10. The van der Waals surface area contributed by atoms with E-state index in [2.05, 4.69) is 13.9 Å². The highest BCUT2D eigenvalue weighted by Crippen LogP contribution is 2.25. The van der Waals surface area contributed by atoms with Crippen LogP contribution in [0.15, 0.2) is 18.2 Å². The third kappa shape index (κ3) is 2.77. The number of hydrogen-bond acceptors (Lipinski definition) is 6. The lowest BCUT2D eigenvalue weighted by molar-refractivity contribution is 0.428. The van der Waals surface area contributed by atoms with E-state index in [1.54, 1.807) is 12.1 Å². The summed E-state index contributed by atoms with van der Waals surface area (Å²) < 4.78 is 5.39. The summed E-state index contributed by atoms with van der Waals surface area (Å²) in [4.78, 5) is 2.30. The second kappa shape index (κ2) is 6.08. The lowest BCUT2D eigenvalue weighted by Gasteiger charge is -2.35. The summed E-state index contributed by atoms with van der Waals surface area (Å²) in [6, 6.07) is 5.83. The summed E-state index contributed by atoms with van der Waals surface area (Å²) in [6.07, 6.45) is 1.35. The SMILES string of the molecule is CNSN1CCN(c2cccc(N)c2C=N)CC1. The molecule has 0 aliphatic carbocycles. The van der Waals surface area contributed by atoms with Gasteiger partial charge < -0.3 is 16.0 Å². The van der Waals surface area contributed by atoms with Gasteiger partial charge in [0.2, 0.25) is 0 Å². The molecule has 0 unspecified atom stereocenters. The minimum Gasteiger partial charge on any atom is -0.398 e. The van der Waals surface area contributed by atoms with Crippen molar-refractivity contribution in [2.24, 2.45) is 0 Å². The second-order valence-electron chi connectivity index (χ2n) is 4.14. The molecule has 1 aliphatic heterocycles. The molecule has 0 amide bonds. The monoisotopic (exact) mass is 265 g/mol. The van der Waals surface area contributed by atoms with E-state index in [4.69, 9.17) is 11.1 Å². The highest BCUT2D eigenvalue weighted by Gasteiger charge is 2.19. The Morgan fingerprint density at radius 3 is 2.67 bits per heavy atom. The van der Waals surface area contributed by atoms with E-state index in [1.165, 1.54) is 6.21 Å². The molecule has 0 bridgehead atoms. The number of anilines is 2. The van der Waals surface area contributed by atoms with Gasteiger partial charge in [0.25, 0.3) is 0 Å². The van der Waals surface area contributed by atoms with E-state index < -0.39 is 0 Å². The van der Waals surface area contributed by atoms with E-state index in [9.17, 15) is 0 Å². The number of nitrogen functional groups attached to an aromatic ring is 1. The average molecular weight is 265 g/mol. The van der Waals surface area contributed by atoms with Crippen LogP contribution < -0.4 is 15.4 Å². The molecular formula is C12H19N5S. The van der Waals surface area contributed by atoms with Crippen molar-refractivity contribution in [3.8, 4) is 0 Å². The Labute approximate surface area is 112 Å². The van der Waals surface area contributed by atoms with Gasteiger partial charge in [-0.15, -0.1) is 0 Å². The lowest BCUT2D eigenvalue weighted by atomic mass is 10.1. The molecule has 1 aromatic carbocycles. The molecule has 98 valence electrons. The number of nitrogens with zero attached hydrogens (tertiary/aromatic N) is 2. The molecular weight excluding hydrogens is 246 g/mol. The fourth-order valence-corrected chi connectivity index (χ4v) is 2.76. The molecule has 1 heterocycles. The van der Waals surface area contributed by atoms with Crippen molar-refractivity contribution >= 4 is 29.7 Å². The zero-order valence-corrected chi connectivity index (χ0v) is 11.3. The van der Waals surface area contributed by atoms with E-state index in [0.29, 0.717) is 5.69 Å². The van der Waals surface area contributed by atoms with Crippen LogP contribution in [0.3, 0.4) is 0 Å². The van der Waals surface area contributed by atoms with Crippen LogP contribution in [0.1, 0.15) is 5.56 Å². The van der Waals surface area contributed by atoms with Crippen LogP contribution in [-0.4, -0.2) is 43.7 Å².